The molecule has 0 rings (SSSR count). The van der Waals surface area contributed by atoms with Crippen LogP contribution in [0, 0.1) is 0 Å². The summed E-state index contributed by atoms with van der Waals surface area (Å²) in [4.78, 5) is 22.1. The summed E-state index contributed by atoms with van der Waals surface area (Å²) in [6, 6.07) is 0. The summed E-state index contributed by atoms with van der Waals surface area (Å²) in [5.74, 6) is -0.564. The van der Waals surface area contributed by atoms with E-state index in [2.05, 4.69) is 4.74 Å². The molecule has 0 aliphatic rings. The number of Topliss-reactive ketones (excluding diaryl/α,β-unsaturated/α-hetero) is 1. The molecule has 0 heterocycles. The van der Waals surface area contributed by atoms with E-state index in [0.29, 0.717) is 19.4 Å². The number of carbonyl (C=O) groups excluding carboxylic acids is 2. The zero-order chi connectivity index (χ0) is 11.0. The smallest absolute Gasteiger partial charge is 0.313 e. The minimum atomic E-state index is -0.454. The average Bonchev–Trinajstić information content (AvgIpc) is 2.14. The molecule has 0 aliphatic heterocycles. The zero-order valence-corrected chi connectivity index (χ0v) is 9.26. The Morgan fingerprint density at radius 3 is 2.50 bits per heavy atom. The van der Waals surface area contributed by atoms with E-state index in [1.165, 1.54) is 5.54 Å². The van der Waals surface area contributed by atoms with Gasteiger partial charge in [-0.2, -0.15) is 0 Å². The third-order valence-corrected chi connectivity index (χ3v) is 2.00. The van der Waals surface area contributed by atoms with Gasteiger partial charge in [0.2, 0.25) is 0 Å². The van der Waals surface area contributed by atoms with Gasteiger partial charge >= 0.3 is 5.97 Å². The number of hydrogen-bond acceptors (Lipinski definition) is 3. The molecule has 14 heavy (non-hydrogen) atoms. The highest BCUT2D eigenvalue weighted by Gasteiger charge is 2.09. The molecule has 0 aromatic carbocycles. The molecule has 0 atom stereocenters. The second-order valence-electron chi connectivity index (χ2n) is 2.98. The summed E-state index contributed by atoms with van der Waals surface area (Å²) in [5.41, 5.74) is 2.38. The number of hydrogen-bond donors (Lipinski definition) is 0. The zero-order valence-electron chi connectivity index (χ0n) is 8.51. The molecule has 0 saturated heterocycles. The van der Waals surface area contributed by atoms with Crippen molar-refractivity contribution in [3.63, 3.8) is 0 Å². The van der Waals surface area contributed by atoms with Crippen LogP contribution >= 0.6 is 11.6 Å². The second kappa shape index (κ2) is 7.56. The van der Waals surface area contributed by atoms with Crippen LogP contribution in [0.15, 0.2) is 11.1 Å². The van der Waals surface area contributed by atoms with E-state index < -0.39 is 5.97 Å². The van der Waals surface area contributed by atoms with E-state index in [-0.39, 0.29) is 12.2 Å². The van der Waals surface area contributed by atoms with E-state index >= 15 is 0 Å². The Morgan fingerprint density at radius 2 is 2.00 bits per heavy atom. The monoisotopic (exact) mass is 218 g/mol. The first-order chi connectivity index (χ1) is 6.60. The number of ketones is 1. The fourth-order valence-corrected chi connectivity index (χ4v) is 0.962. The van der Waals surface area contributed by atoms with Crippen LogP contribution < -0.4 is 0 Å². The van der Waals surface area contributed by atoms with Crippen LogP contribution in [0.4, 0.5) is 0 Å². The molecule has 3 nitrogen and oxygen atoms in total. The normalized spacial score (nSPS) is 11.2. The van der Waals surface area contributed by atoms with Gasteiger partial charge in [0, 0.05) is 12.0 Å². The maximum absolute atomic E-state index is 11.2. The molecular weight excluding hydrogens is 204 g/mol. The van der Waals surface area contributed by atoms with Crippen LogP contribution in [-0.4, -0.2) is 18.4 Å². The lowest BCUT2D eigenvalue weighted by atomic mass is 10.1. The molecule has 0 aromatic heterocycles. The lowest BCUT2D eigenvalue weighted by molar-refractivity contribution is -0.145. The van der Waals surface area contributed by atoms with Gasteiger partial charge in [-0.15, -0.1) is 0 Å². The number of halogens is 1. The predicted molar refractivity (Wildman–Crippen MR) is 55.1 cm³/mol. The lowest BCUT2D eigenvalue weighted by Crippen LogP contribution is -2.10. The van der Waals surface area contributed by atoms with Gasteiger partial charge in [0.05, 0.1) is 6.61 Å². The number of ether oxygens (including phenoxy) is 1. The molecule has 80 valence electrons. The molecule has 0 aliphatic carbocycles. The Kier molecular flexibility index (Phi) is 7.11. The molecular formula is C10H15ClO3. The third kappa shape index (κ3) is 6.66. The van der Waals surface area contributed by atoms with Crippen molar-refractivity contribution in [1.82, 2.24) is 0 Å². The molecule has 0 amide bonds. The van der Waals surface area contributed by atoms with E-state index in [9.17, 15) is 9.59 Å². The van der Waals surface area contributed by atoms with Crippen LogP contribution in [0.25, 0.3) is 0 Å². The van der Waals surface area contributed by atoms with Gasteiger partial charge in [0.1, 0.15) is 12.2 Å². The molecule has 4 heteroatoms. The first kappa shape index (κ1) is 13.2. The SMILES string of the molecule is CCOC(=O)CC(=O)CC/C(C)=C/Cl. The van der Waals surface area contributed by atoms with Crippen molar-refractivity contribution >= 4 is 23.4 Å². The summed E-state index contributed by atoms with van der Waals surface area (Å²) >= 11 is 5.43. The van der Waals surface area contributed by atoms with Crippen LogP contribution in [-0.2, 0) is 14.3 Å². The van der Waals surface area contributed by atoms with Gasteiger partial charge in [-0.05, 0) is 20.3 Å². The quantitative estimate of drug-likeness (QED) is 0.508. The molecule has 0 unspecified atom stereocenters. The van der Waals surface area contributed by atoms with Gasteiger partial charge in [-0.1, -0.05) is 17.2 Å². The molecule has 0 N–H and O–H groups in total. The van der Waals surface area contributed by atoms with Gasteiger partial charge in [-0.3, -0.25) is 9.59 Å². The Balaban J connectivity index is 3.71. The van der Waals surface area contributed by atoms with Crippen LogP contribution in [0.2, 0.25) is 0 Å². The van der Waals surface area contributed by atoms with Crippen LogP contribution in [0.3, 0.4) is 0 Å². The first-order valence-corrected chi connectivity index (χ1v) is 4.97. The minimum absolute atomic E-state index is 0.110. The van der Waals surface area contributed by atoms with E-state index in [1.54, 1.807) is 6.92 Å². The van der Waals surface area contributed by atoms with Gasteiger partial charge in [0.15, 0.2) is 0 Å². The summed E-state index contributed by atoms with van der Waals surface area (Å²) in [7, 11) is 0. The third-order valence-electron chi connectivity index (χ3n) is 1.63. The van der Waals surface area contributed by atoms with Crippen LogP contribution in [0.1, 0.15) is 33.1 Å². The molecule has 0 fully saturated rings. The highest BCUT2D eigenvalue weighted by molar-refractivity contribution is 6.25. The van der Waals surface area contributed by atoms with Crippen LogP contribution in [0.5, 0.6) is 0 Å². The van der Waals surface area contributed by atoms with Crippen molar-refractivity contribution in [3.8, 4) is 0 Å². The van der Waals surface area contributed by atoms with Crippen molar-refractivity contribution < 1.29 is 14.3 Å². The number of carbonyl (C=O) groups is 2. The molecule has 0 bridgehead atoms. The number of esters is 1. The Labute approximate surface area is 89.1 Å². The number of allylic oxidation sites excluding steroid dienone is 1. The summed E-state index contributed by atoms with van der Waals surface area (Å²) in [6.07, 6.45) is 0.805. The fourth-order valence-electron chi connectivity index (χ4n) is 0.853. The first-order valence-electron chi connectivity index (χ1n) is 4.53. The van der Waals surface area contributed by atoms with E-state index in [0.717, 1.165) is 5.57 Å². The maximum Gasteiger partial charge on any atom is 0.313 e. The average molecular weight is 219 g/mol. The second-order valence-corrected chi connectivity index (χ2v) is 3.19. The van der Waals surface area contributed by atoms with Crippen molar-refractivity contribution in [2.45, 2.75) is 33.1 Å². The van der Waals surface area contributed by atoms with Crippen molar-refractivity contribution in [3.05, 3.63) is 11.1 Å². The van der Waals surface area contributed by atoms with Crippen molar-refractivity contribution in [2.75, 3.05) is 6.61 Å². The van der Waals surface area contributed by atoms with Gasteiger partial charge in [-0.25, -0.2) is 0 Å². The summed E-state index contributed by atoms with van der Waals surface area (Å²) in [5, 5.41) is 0. The lowest BCUT2D eigenvalue weighted by Gasteiger charge is -2.01. The van der Waals surface area contributed by atoms with Crippen molar-refractivity contribution in [1.29, 1.82) is 0 Å². The molecule has 0 radical (unpaired) electrons. The van der Waals surface area contributed by atoms with Crippen molar-refractivity contribution in [2.24, 2.45) is 0 Å². The predicted octanol–water partition coefficient (Wildman–Crippen LogP) is 2.43. The molecule has 0 aromatic rings. The Hall–Kier alpha value is -0.830. The van der Waals surface area contributed by atoms with E-state index in [4.69, 9.17) is 11.6 Å². The highest BCUT2D eigenvalue weighted by Crippen LogP contribution is 2.07. The van der Waals surface area contributed by atoms with Gasteiger partial charge < -0.3 is 4.74 Å². The standard InChI is InChI=1S/C10H15ClO3/c1-3-14-10(13)6-9(12)5-4-8(2)7-11/h7H,3-6H2,1-2H3/b8-7+. The number of rotatable bonds is 6. The maximum atomic E-state index is 11.2. The Bertz CT molecular complexity index is 234. The van der Waals surface area contributed by atoms with E-state index in [1.807, 2.05) is 6.92 Å². The largest absolute Gasteiger partial charge is 0.466 e. The summed E-state index contributed by atoms with van der Waals surface area (Å²) in [6.45, 7) is 3.86. The topological polar surface area (TPSA) is 43.4 Å². The highest BCUT2D eigenvalue weighted by atomic mass is 35.5. The molecule has 0 saturated carbocycles. The summed E-state index contributed by atoms with van der Waals surface area (Å²) < 4.78 is 4.65. The fraction of sp³-hybridized carbons (Fsp3) is 0.600. The minimum Gasteiger partial charge on any atom is -0.466 e. The van der Waals surface area contributed by atoms with Gasteiger partial charge in [0.25, 0.3) is 0 Å². The Morgan fingerprint density at radius 1 is 1.36 bits per heavy atom. The molecule has 0 spiro atoms.